The second-order valence-corrected chi connectivity index (χ2v) is 3.79. The number of H-pyrrole nitrogens is 1. The molecule has 2 aromatic heterocycles. The summed E-state index contributed by atoms with van der Waals surface area (Å²) in [6.45, 7) is 7.04. The largest absolute Gasteiger partial charge is 0.370 e. The number of hydrogen-bond acceptors (Lipinski definition) is 4. The van der Waals surface area contributed by atoms with Crippen LogP contribution < -0.4 is 5.32 Å². The molecule has 17 heavy (non-hydrogen) atoms. The van der Waals surface area contributed by atoms with Crippen LogP contribution in [0.4, 0.5) is 5.82 Å². The lowest BCUT2D eigenvalue weighted by Crippen LogP contribution is -2.07. The van der Waals surface area contributed by atoms with Gasteiger partial charge >= 0.3 is 0 Å². The van der Waals surface area contributed by atoms with E-state index < -0.39 is 0 Å². The van der Waals surface area contributed by atoms with Gasteiger partial charge in [0, 0.05) is 30.2 Å². The normalized spacial score (nSPS) is 10.5. The third-order valence-electron chi connectivity index (χ3n) is 2.64. The maximum Gasteiger partial charge on any atom is 0.197 e. The zero-order chi connectivity index (χ0) is 12.3. The molecule has 0 bridgehead atoms. The molecule has 0 spiro atoms. The Kier molecular flexibility index (Phi) is 3.37. The smallest absolute Gasteiger partial charge is 0.197 e. The molecule has 2 N–H and O–H groups in total. The van der Waals surface area contributed by atoms with Crippen molar-refractivity contribution in [1.29, 1.82) is 0 Å². The van der Waals surface area contributed by atoms with Crippen LogP contribution in [0.2, 0.25) is 0 Å². The van der Waals surface area contributed by atoms with Crippen molar-refractivity contribution in [3.8, 4) is 11.6 Å². The summed E-state index contributed by atoms with van der Waals surface area (Å²) >= 11 is 0. The maximum absolute atomic E-state index is 4.53. The minimum absolute atomic E-state index is 0.647. The Morgan fingerprint density at radius 1 is 1.29 bits per heavy atom. The molecule has 5 nitrogen and oxygen atoms in total. The second kappa shape index (κ2) is 4.95. The highest BCUT2D eigenvalue weighted by molar-refractivity contribution is 5.53. The lowest BCUT2D eigenvalue weighted by atomic mass is 10.2. The predicted molar refractivity (Wildman–Crippen MR) is 67.9 cm³/mol. The van der Waals surface area contributed by atoms with Gasteiger partial charge in [0.2, 0.25) is 0 Å². The van der Waals surface area contributed by atoms with E-state index in [-0.39, 0.29) is 0 Å². The van der Waals surface area contributed by atoms with Crippen molar-refractivity contribution in [2.45, 2.75) is 27.2 Å². The number of hydrogen-bond donors (Lipinski definition) is 2. The molecule has 0 aliphatic rings. The standard InChI is InChI=1S/C12H17N5/c1-4-9-8(3)10(13-5-2)17-12(16-9)11-14-6-7-15-11/h6-7H,4-5H2,1-3H3,(H,14,15)(H,13,16,17). The fraction of sp³-hybridized carbons (Fsp3) is 0.417. The molecule has 2 aromatic rings. The van der Waals surface area contributed by atoms with Crippen LogP contribution in [-0.2, 0) is 6.42 Å². The van der Waals surface area contributed by atoms with Gasteiger partial charge in [-0.05, 0) is 20.3 Å². The van der Waals surface area contributed by atoms with E-state index in [1.807, 2.05) is 6.92 Å². The van der Waals surface area contributed by atoms with Crippen molar-refractivity contribution in [3.05, 3.63) is 23.7 Å². The molecule has 0 fully saturated rings. The SMILES string of the molecule is CCNc1nc(-c2ncc[nH]2)nc(CC)c1C. The summed E-state index contributed by atoms with van der Waals surface area (Å²) in [5.74, 6) is 2.25. The highest BCUT2D eigenvalue weighted by Gasteiger charge is 2.11. The first-order valence-electron chi connectivity index (χ1n) is 5.87. The van der Waals surface area contributed by atoms with Gasteiger partial charge in [-0.3, -0.25) is 0 Å². The molecule has 0 saturated heterocycles. The average molecular weight is 231 g/mol. The summed E-state index contributed by atoms with van der Waals surface area (Å²) < 4.78 is 0. The van der Waals surface area contributed by atoms with Crippen molar-refractivity contribution in [2.75, 3.05) is 11.9 Å². The van der Waals surface area contributed by atoms with Gasteiger partial charge in [-0.25, -0.2) is 15.0 Å². The number of aryl methyl sites for hydroxylation is 1. The van der Waals surface area contributed by atoms with Crippen LogP contribution in [0, 0.1) is 6.92 Å². The van der Waals surface area contributed by atoms with Crippen molar-refractivity contribution in [1.82, 2.24) is 19.9 Å². The Morgan fingerprint density at radius 2 is 2.12 bits per heavy atom. The van der Waals surface area contributed by atoms with Crippen molar-refractivity contribution in [3.63, 3.8) is 0 Å². The summed E-state index contributed by atoms with van der Waals surface area (Å²) in [6.07, 6.45) is 4.37. The van der Waals surface area contributed by atoms with E-state index >= 15 is 0 Å². The lowest BCUT2D eigenvalue weighted by Gasteiger charge is -2.11. The van der Waals surface area contributed by atoms with Crippen molar-refractivity contribution in [2.24, 2.45) is 0 Å². The Morgan fingerprint density at radius 3 is 2.71 bits per heavy atom. The van der Waals surface area contributed by atoms with Crippen LogP contribution in [-0.4, -0.2) is 26.5 Å². The minimum atomic E-state index is 0.647. The van der Waals surface area contributed by atoms with Gasteiger partial charge in [0.15, 0.2) is 11.6 Å². The number of aromatic amines is 1. The zero-order valence-corrected chi connectivity index (χ0v) is 10.4. The van der Waals surface area contributed by atoms with Gasteiger partial charge in [-0.1, -0.05) is 6.92 Å². The van der Waals surface area contributed by atoms with E-state index in [9.17, 15) is 0 Å². The lowest BCUT2D eigenvalue weighted by molar-refractivity contribution is 0.960. The van der Waals surface area contributed by atoms with E-state index in [1.165, 1.54) is 0 Å². The quantitative estimate of drug-likeness (QED) is 0.846. The molecule has 0 atom stereocenters. The molecule has 5 heteroatoms. The monoisotopic (exact) mass is 231 g/mol. The van der Waals surface area contributed by atoms with E-state index in [2.05, 4.69) is 39.1 Å². The second-order valence-electron chi connectivity index (χ2n) is 3.79. The van der Waals surface area contributed by atoms with Crippen LogP contribution in [0.25, 0.3) is 11.6 Å². The highest BCUT2D eigenvalue weighted by Crippen LogP contribution is 2.19. The molecule has 0 aliphatic carbocycles. The number of anilines is 1. The van der Waals surface area contributed by atoms with E-state index in [0.717, 1.165) is 30.0 Å². The average Bonchev–Trinajstić information content (AvgIpc) is 2.85. The molecule has 0 saturated carbocycles. The number of nitrogens with one attached hydrogen (secondary N) is 2. The Labute approximate surface area is 101 Å². The third kappa shape index (κ3) is 2.27. The molecule has 0 aliphatic heterocycles. The molecule has 0 unspecified atom stereocenters. The summed E-state index contributed by atoms with van der Waals surface area (Å²) in [7, 11) is 0. The number of nitrogens with zero attached hydrogens (tertiary/aromatic N) is 3. The molecular formula is C12H17N5. The molecule has 2 heterocycles. The highest BCUT2D eigenvalue weighted by atomic mass is 15.1. The van der Waals surface area contributed by atoms with Crippen molar-refractivity contribution >= 4 is 5.82 Å². The first-order chi connectivity index (χ1) is 8.26. The number of imidazole rings is 1. The summed E-state index contributed by atoms with van der Waals surface area (Å²) in [6, 6.07) is 0. The van der Waals surface area contributed by atoms with Crippen molar-refractivity contribution < 1.29 is 0 Å². The van der Waals surface area contributed by atoms with Crippen LogP contribution >= 0.6 is 0 Å². The summed E-state index contributed by atoms with van der Waals surface area (Å²) in [5.41, 5.74) is 2.17. The molecule has 2 rings (SSSR count). The van der Waals surface area contributed by atoms with Crippen LogP contribution in [0.15, 0.2) is 12.4 Å². The molecule has 0 amide bonds. The first kappa shape index (κ1) is 11.6. The molecular weight excluding hydrogens is 214 g/mol. The molecule has 90 valence electrons. The van der Waals surface area contributed by atoms with Gasteiger partial charge < -0.3 is 10.3 Å². The fourth-order valence-electron chi connectivity index (χ4n) is 1.74. The third-order valence-corrected chi connectivity index (χ3v) is 2.64. The van der Waals surface area contributed by atoms with Crippen LogP contribution in [0.5, 0.6) is 0 Å². The Hall–Kier alpha value is -1.91. The minimum Gasteiger partial charge on any atom is -0.370 e. The molecule has 0 radical (unpaired) electrons. The van der Waals surface area contributed by atoms with E-state index in [0.29, 0.717) is 11.6 Å². The maximum atomic E-state index is 4.53. The van der Waals surface area contributed by atoms with Crippen LogP contribution in [0.3, 0.4) is 0 Å². The van der Waals surface area contributed by atoms with Gasteiger partial charge in [-0.15, -0.1) is 0 Å². The van der Waals surface area contributed by atoms with E-state index in [1.54, 1.807) is 12.4 Å². The summed E-state index contributed by atoms with van der Waals surface area (Å²) in [4.78, 5) is 16.2. The van der Waals surface area contributed by atoms with Gasteiger partial charge in [0.1, 0.15) is 5.82 Å². The van der Waals surface area contributed by atoms with Crippen LogP contribution in [0.1, 0.15) is 25.1 Å². The first-order valence-corrected chi connectivity index (χ1v) is 5.87. The Bertz CT molecular complexity index is 490. The molecule has 0 aromatic carbocycles. The predicted octanol–water partition coefficient (Wildman–Crippen LogP) is 2.17. The Balaban J connectivity index is 2.50. The van der Waals surface area contributed by atoms with Gasteiger partial charge in [-0.2, -0.15) is 0 Å². The number of aromatic nitrogens is 4. The topological polar surface area (TPSA) is 66.5 Å². The zero-order valence-electron chi connectivity index (χ0n) is 10.4. The van der Waals surface area contributed by atoms with Gasteiger partial charge in [0.25, 0.3) is 0 Å². The van der Waals surface area contributed by atoms with Gasteiger partial charge in [0.05, 0.1) is 0 Å². The fourth-order valence-corrected chi connectivity index (χ4v) is 1.74. The summed E-state index contributed by atoms with van der Waals surface area (Å²) in [5, 5.41) is 3.26. The van der Waals surface area contributed by atoms with E-state index in [4.69, 9.17) is 0 Å². The number of rotatable bonds is 4.